The van der Waals surface area contributed by atoms with Gasteiger partial charge in [-0.2, -0.15) is 4.89 Å². The van der Waals surface area contributed by atoms with Gasteiger partial charge in [0, 0.05) is 13.0 Å². The van der Waals surface area contributed by atoms with Gasteiger partial charge in [0.1, 0.15) is 0 Å². The van der Waals surface area contributed by atoms with Crippen LogP contribution in [0, 0.1) is 0 Å². The minimum absolute atomic E-state index is 0.520. The molecule has 2 N–H and O–H groups in total. The van der Waals surface area contributed by atoms with E-state index in [9.17, 15) is 4.57 Å². The van der Waals surface area contributed by atoms with Gasteiger partial charge >= 0.3 is 7.82 Å². The van der Waals surface area contributed by atoms with E-state index in [1.54, 1.807) is 0 Å². The molecule has 0 saturated carbocycles. The van der Waals surface area contributed by atoms with Gasteiger partial charge in [0.15, 0.2) is 6.29 Å². The highest BCUT2D eigenvalue weighted by atomic mass is 31.2. The molecule has 0 aliphatic rings. The van der Waals surface area contributed by atoms with Crippen LogP contribution in [-0.4, -0.2) is 22.7 Å². The Morgan fingerprint density at radius 2 is 1.24 bits per heavy atom. The van der Waals surface area contributed by atoms with Crippen LogP contribution in [0.5, 0.6) is 0 Å². The smallest absolute Gasteiger partial charge is 0.350 e. The lowest BCUT2D eigenvalue weighted by molar-refractivity contribution is -0.329. The molecule has 0 amide bonds. The maximum absolute atomic E-state index is 10.8. The molecule has 1 atom stereocenters. The zero-order valence-corrected chi connectivity index (χ0v) is 17.1. The van der Waals surface area contributed by atoms with Gasteiger partial charge in [0.2, 0.25) is 0 Å². The molecule has 0 saturated heterocycles. The predicted octanol–water partition coefficient (Wildman–Crippen LogP) is 5.87. The first-order chi connectivity index (χ1) is 12.0. The van der Waals surface area contributed by atoms with Crippen molar-refractivity contribution in [2.45, 2.75) is 110 Å². The second kappa shape index (κ2) is 17.4. The van der Waals surface area contributed by atoms with Gasteiger partial charge < -0.3 is 14.5 Å². The summed E-state index contributed by atoms with van der Waals surface area (Å²) in [6.07, 6.45) is 15.1. The van der Waals surface area contributed by atoms with Crippen LogP contribution in [0.4, 0.5) is 0 Å². The quantitative estimate of drug-likeness (QED) is 0.0955. The maximum Gasteiger partial charge on any atom is 0.496 e. The van der Waals surface area contributed by atoms with Gasteiger partial charge in [-0.15, -0.1) is 4.67 Å². The maximum atomic E-state index is 10.8. The number of phosphoric acid groups is 1. The van der Waals surface area contributed by atoms with Gasteiger partial charge in [-0.05, 0) is 12.8 Å². The Kier molecular flexibility index (Phi) is 17.5. The average molecular weight is 382 g/mol. The fraction of sp³-hybridized carbons (Fsp3) is 1.00. The summed E-state index contributed by atoms with van der Waals surface area (Å²) in [5.41, 5.74) is 0. The summed E-state index contributed by atoms with van der Waals surface area (Å²) >= 11 is 0. The third kappa shape index (κ3) is 20.2. The third-order valence-corrected chi connectivity index (χ3v) is 4.37. The van der Waals surface area contributed by atoms with Gasteiger partial charge in [-0.25, -0.2) is 4.57 Å². The minimum atomic E-state index is -4.63. The Morgan fingerprint density at radius 1 is 0.760 bits per heavy atom. The third-order valence-electron chi connectivity index (χ3n) is 4.09. The molecule has 0 aliphatic heterocycles. The molecule has 0 bridgehead atoms. The van der Waals surface area contributed by atoms with Crippen LogP contribution >= 0.6 is 7.82 Å². The molecule has 0 aromatic heterocycles. The first-order valence-electron chi connectivity index (χ1n) is 10.0. The van der Waals surface area contributed by atoms with Crippen molar-refractivity contribution in [1.82, 2.24) is 0 Å². The van der Waals surface area contributed by atoms with Crippen LogP contribution in [-0.2, 0) is 18.9 Å². The molecule has 0 radical (unpaired) electrons. The highest BCUT2D eigenvalue weighted by molar-refractivity contribution is 7.46. The number of rotatable bonds is 19. The van der Waals surface area contributed by atoms with Crippen LogP contribution in [0.15, 0.2) is 0 Å². The molecule has 7 heteroatoms. The fourth-order valence-corrected chi connectivity index (χ4v) is 2.84. The second-order valence-electron chi connectivity index (χ2n) is 6.64. The Labute approximate surface area is 153 Å². The van der Waals surface area contributed by atoms with Crippen LogP contribution in [0.1, 0.15) is 104 Å². The zero-order valence-electron chi connectivity index (χ0n) is 16.2. The molecular weight excluding hydrogens is 343 g/mol. The van der Waals surface area contributed by atoms with Crippen LogP contribution in [0.3, 0.4) is 0 Å². The molecule has 0 aromatic rings. The summed E-state index contributed by atoms with van der Waals surface area (Å²) in [4.78, 5) is 22.3. The average Bonchev–Trinajstić information content (AvgIpc) is 2.56. The van der Waals surface area contributed by atoms with Crippen molar-refractivity contribution in [3.05, 3.63) is 0 Å². The van der Waals surface area contributed by atoms with E-state index in [2.05, 4.69) is 18.5 Å². The lowest BCUT2D eigenvalue weighted by atomic mass is 10.1. The predicted molar refractivity (Wildman–Crippen MR) is 99.9 cm³/mol. The normalized spacial score (nSPS) is 13.3. The number of hydrogen-bond donors (Lipinski definition) is 2. The summed E-state index contributed by atoms with van der Waals surface area (Å²) in [5, 5.41) is 0. The Morgan fingerprint density at radius 3 is 1.76 bits per heavy atom. The van der Waals surface area contributed by atoms with Crippen molar-refractivity contribution in [3.8, 4) is 0 Å². The van der Waals surface area contributed by atoms with E-state index in [1.165, 1.54) is 44.9 Å². The van der Waals surface area contributed by atoms with Gasteiger partial charge in [0.05, 0.1) is 0 Å². The summed E-state index contributed by atoms with van der Waals surface area (Å²) in [7, 11) is -4.63. The summed E-state index contributed by atoms with van der Waals surface area (Å²) in [6.45, 7) is 4.89. The topological polar surface area (TPSA) is 85.2 Å². The molecule has 6 nitrogen and oxygen atoms in total. The van der Waals surface area contributed by atoms with E-state index in [1.807, 2.05) is 0 Å². The highest BCUT2D eigenvalue weighted by Gasteiger charge is 2.20. The van der Waals surface area contributed by atoms with E-state index in [0.29, 0.717) is 13.0 Å². The monoisotopic (exact) mass is 382 g/mol. The molecule has 0 rings (SSSR count). The highest BCUT2D eigenvalue weighted by Crippen LogP contribution is 2.36. The molecular formula is C18H39O6P. The van der Waals surface area contributed by atoms with Gasteiger partial charge in [-0.1, -0.05) is 84.5 Å². The number of unbranched alkanes of at least 4 members (excludes halogenated alkanes) is 11. The number of ether oxygens (including phenoxy) is 1. The van der Waals surface area contributed by atoms with E-state index in [4.69, 9.17) is 19.4 Å². The molecule has 0 fully saturated rings. The summed E-state index contributed by atoms with van der Waals surface area (Å²) in [5.74, 6) is 0. The molecule has 152 valence electrons. The lowest BCUT2D eigenvalue weighted by Crippen LogP contribution is -2.18. The van der Waals surface area contributed by atoms with Gasteiger partial charge in [-0.3, -0.25) is 0 Å². The summed E-state index contributed by atoms with van der Waals surface area (Å²) in [6, 6.07) is 0. The van der Waals surface area contributed by atoms with Crippen molar-refractivity contribution < 1.29 is 28.7 Å². The fourth-order valence-electron chi connectivity index (χ4n) is 2.63. The molecule has 1 unspecified atom stereocenters. The number of hydrogen-bond acceptors (Lipinski definition) is 4. The molecule has 0 spiro atoms. The molecule has 0 aromatic carbocycles. The molecule has 0 aliphatic carbocycles. The first-order valence-corrected chi connectivity index (χ1v) is 11.5. The van der Waals surface area contributed by atoms with Crippen molar-refractivity contribution in [1.29, 1.82) is 0 Å². The zero-order chi connectivity index (χ0) is 18.8. The lowest BCUT2D eigenvalue weighted by Gasteiger charge is -2.17. The van der Waals surface area contributed by atoms with E-state index < -0.39 is 14.1 Å². The minimum Gasteiger partial charge on any atom is -0.350 e. The summed E-state index contributed by atoms with van der Waals surface area (Å²) < 4.78 is 20.5. The van der Waals surface area contributed by atoms with E-state index in [0.717, 1.165) is 38.5 Å². The van der Waals surface area contributed by atoms with Crippen molar-refractivity contribution in [2.24, 2.45) is 0 Å². The van der Waals surface area contributed by atoms with E-state index in [-0.39, 0.29) is 0 Å². The Bertz CT molecular complexity index is 321. The first kappa shape index (κ1) is 25.0. The van der Waals surface area contributed by atoms with Crippen molar-refractivity contribution in [3.63, 3.8) is 0 Å². The van der Waals surface area contributed by atoms with Crippen LogP contribution in [0.2, 0.25) is 0 Å². The molecule has 0 heterocycles. The standard InChI is InChI=1S/C18H39O6P/c1-3-5-7-9-10-11-12-13-14-16-18(23-24-25(19,20)21)22-17-15-8-6-4-2/h18H,3-17H2,1-2H3,(H2,19,20,21). The van der Waals surface area contributed by atoms with Crippen LogP contribution in [0.25, 0.3) is 0 Å². The van der Waals surface area contributed by atoms with Gasteiger partial charge in [0.25, 0.3) is 0 Å². The largest absolute Gasteiger partial charge is 0.496 e. The second-order valence-corrected chi connectivity index (χ2v) is 7.77. The van der Waals surface area contributed by atoms with Crippen molar-refractivity contribution >= 4 is 7.82 Å². The molecule has 25 heavy (non-hydrogen) atoms. The van der Waals surface area contributed by atoms with Crippen molar-refractivity contribution in [2.75, 3.05) is 6.61 Å². The van der Waals surface area contributed by atoms with E-state index >= 15 is 0 Å². The van der Waals surface area contributed by atoms with Crippen LogP contribution < -0.4 is 0 Å². The Hall–Kier alpha value is 0.0300. The SMILES string of the molecule is CCCCCCCCCCCC(OCCCCCC)OOP(=O)(O)O. The Balaban J connectivity index is 3.79.